The SMILES string of the molecule is CCC(C)(OC)C(=O)Cc1nc(-c2ccccc2)cs1. The van der Waals surface area contributed by atoms with Crippen molar-refractivity contribution in [3.63, 3.8) is 0 Å². The van der Waals surface area contributed by atoms with E-state index in [1.807, 2.05) is 49.6 Å². The van der Waals surface area contributed by atoms with E-state index in [0.29, 0.717) is 12.8 Å². The van der Waals surface area contributed by atoms with Gasteiger partial charge >= 0.3 is 0 Å². The molecule has 0 aliphatic carbocycles. The van der Waals surface area contributed by atoms with Gasteiger partial charge in [-0.15, -0.1) is 11.3 Å². The number of carbonyl (C=O) groups is 1. The zero-order chi connectivity index (χ0) is 14.6. The summed E-state index contributed by atoms with van der Waals surface area (Å²) in [6.45, 7) is 3.79. The molecule has 0 aliphatic heterocycles. The van der Waals surface area contributed by atoms with Crippen molar-refractivity contribution in [2.24, 2.45) is 0 Å². The number of thiazole rings is 1. The summed E-state index contributed by atoms with van der Waals surface area (Å²) in [5.74, 6) is 0.0801. The summed E-state index contributed by atoms with van der Waals surface area (Å²) in [5.41, 5.74) is 1.29. The Balaban J connectivity index is 2.13. The highest BCUT2D eigenvalue weighted by Crippen LogP contribution is 2.24. The van der Waals surface area contributed by atoms with Crippen LogP contribution < -0.4 is 0 Å². The number of Topliss-reactive ketones (excluding diaryl/α,β-unsaturated/α-hetero) is 1. The molecule has 1 aromatic carbocycles. The van der Waals surface area contributed by atoms with E-state index >= 15 is 0 Å². The van der Waals surface area contributed by atoms with Crippen molar-refractivity contribution < 1.29 is 9.53 Å². The number of methoxy groups -OCH3 is 1. The lowest BCUT2D eigenvalue weighted by molar-refractivity contribution is -0.138. The van der Waals surface area contributed by atoms with E-state index < -0.39 is 5.60 Å². The average molecular weight is 289 g/mol. The monoisotopic (exact) mass is 289 g/mol. The molecule has 20 heavy (non-hydrogen) atoms. The number of ether oxygens (including phenoxy) is 1. The molecule has 0 fully saturated rings. The number of rotatable bonds is 6. The lowest BCUT2D eigenvalue weighted by Crippen LogP contribution is -2.37. The molecule has 1 heterocycles. The summed E-state index contributed by atoms with van der Waals surface area (Å²) < 4.78 is 5.34. The highest BCUT2D eigenvalue weighted by Gasteiger charge is 2.31. The number of hydrogen-bond donors (Lipinski definition) is 0. The van der Waals surface area contributed by atoms with Crippen molar-refractivity contribution in [1.82, 2.24) is 4.98 Å². The molecule has 0 saturated carbocycles. The van der Waals surface area contributed by atoms with Gasteiger partial charge in [0.15, 0.2) is 5.78 Å². The molecule has 1 unspecified atom stereocenters. The maximum atomic E-state index is 12.3. The Labute approximate surface area is 123 Å². The van der Waals surface area contributed by atoms with E-state index in [-0.39, 0.29) is 5.78 Å². The third-order valence-electron chi connectivity index (χ3n) is 3.65. The summed E-state index contributed by atoms with van der Waals surface area (Å²) in [7, 11) is 1.58. The molecule has 0 spiro atoms. The fourth-order valence-corrected chi connectivity index (χ4v) is 2.72. The molecule has 4 heteroatoms. The van der Waals surface area contributed by atoms with Crippen LogP contribution in [0.3, 0.4) is 0 Å². The predicted octanol–water partition coefficient (Wildman–Crippen LogP) is 3.74. The molecule has 2 aromatic rings. The minimum absolute atomic E-state index is 0.0801. The summed E-state index contributed by atoms with van der Waals surface area (Å²) in [6, 6.07) is 9.99. The van der Waals surface area contributed by atoms with Crippen molar-refractivity contribution in [3.05, 3.63) is 40.7 Å². The first-order chi connectivity index (χ1) is 9.59. The molecule has 2 rings (SSSR count). The molecule has 106 valence electrons. The smallest absolute Gasteiger partial charge is 0.171 e. The molecule has 0 saturated heterocycles. The number of aromatic nitrogens is 1. The van der Waals surface area contributed by atoms with Crippen molar-refractivity contribution in [2.45, 2.75) is 32.3 Å². The Morgan fingerprint density at radius 1 is 1.35 bits per heavy atom. The molecule has 1 atom stereocenters. The molecule has 0 aliphatic rings. The van der Waals surface area contributed by atoms with Gasteiger partial charge < -0.3 is 4.74 Å². The fourth-order valence-electron chi connectivity index (χ4n) is 1.91. The minimum Gasteiger partial charge on any atom is -0.371 e. The molecule has 0 bridgehead atoms. The van der Waals surface area contributed by atoms with Crippen LogP contribution in [-0.4, -0.2) is 23.5 Å². The van der Waals surface area contributed by atoms with E-state index in [1.54, 1.807) is 7.11 Å². The largest absolute Gasteiger partial charge is 0.371 e. The second-order valence-corrected chi connectivity index (χ2v) is 5.82. The van der Waals surface area contributed by atoms with Crippen LogP contribution in [-0.2, 0) is 16.0 Å². The van der Waals surface area contributed by atoms with Gasteiger partial charge in [0.05, 0.1) is 12.1 Å². The van der Waals surface area contributed by atoms with Crippen molar-refractivity contribution in [1.29, 1.82) is 0 Å². The van der Waals surface area contributed by atoms with Gasteiger partial charge in [-0.3, -0.25) is 4.79 Å². The van der Waals surface area contributed by atoms with Gasteiger partial charge in [-0.1, -0.05) is 37.3 Å². The Kier molecular flexibility index (Phi) is 4.68. The summed E-state index contributed by atoms with van der Waals surface area (Å²) in [4.78, 5) is 16.8. The first-order valence-corrected chi connectivity index (χ1v) is 7.55. The number of ketones is 1. The molecule has 0 radical (unpaired) electrons. The second kappa shape index (κ2) is 6.29. The Morgan fingerprint density at radius 3 is 2.65 bits per heavy atom. The van der Waals surface area contributed by atoms with Gasteiger partial charge in [0.25, 0.3) is 0 Å². The van der Waals surface area contributed by atoms with E-state index in [9.17, 15) is 4.79 Å². The Hall–Kier alpha value is -1.52. The van der Waals surface area contributed by atoms with Gasteiger partial charge in [-0.25, -0.2) is 4.98 Å². The highest BCUT2D eigenvalue weighted by atomic mass is 32.1. The molecular weight excluding hydrogens is 270 g/mol. The zero-order valence-corrected chi connectivity index (χ0v) is 12.9. The Morgan fingerprint density at radius 2 is 2.05 bits per heavy atom. The number of nitrogens with zero attached hydrogens (tertiary/aromatic N) is 1. The van der Waals surface area contributed by atoms with Crippen LogP contribution in [0.15, 0.2) is 35.7 Å². The van der Waals surface area contributed by atoms with E-state index in [0.717, 1.165) is 16.3 Å². The fraction of sp³-hybridized carbons (Fsp3) is 0.375. The first-order valence-electron chi connectivity index (χ1n) is 6.67. The van der Waals surface area contributed by atoms with Gasteiger partial charge in [-0.05, 0) is 13.3 Å². The van der Waals surface area contributed by atoms with Crippen molar-refractivity contribution >= 4 is 17.1 Å². The second-order valence-electron chi connectivity index (χ2n) is 4.88. The Bertz CT molecular complexity index is 573. The average Bonchev–Trinajstić information content (AvgIpc) is 2.95. The predicted molar refractivity (Wildman–Crippen MR) is 82.0 cm³/mol. The van der Waals surface area contributed by atoms with Gasteiger partial charge in [0.1, 0.15) is 10.6 Å². The number of hydrogen-bond acceptors (Lipinski definition) is 4. The lowest BCUT2D eigenvalue weighted by Gasteiger charge is -2.24. The van der Waals surface area contributed by atoms with Crippen LogP contribution in [0.2, 0.25) is 0 Å². The third kappa shape index (κ3) is 3.14. The van der Waals surface area contributed by atoms with Gasteiger partial charge in [-0.2, -0.15) is 0 Å². The van der Waals surface area contributed by atoms with E-state index in [2.05, 4.69) is 4.98 Å². The zero-order valence-electron chi connectivity index (χ0n) is 12.1. The van der Waals surface area contributed by atoms with E-state index in [1.165, 1.54) is 11.3 Å². The summed E-state index contributed by atoms with van der Waals surface area (Å²) >= 11 is 1.52. The van der Waals surface area contributed by atoms with Crippen LogP contribution in [0.5, 0.6) is 0 Å². The highest BCUT2D eigenvalue weighted by molar-refractivity contribution is 7.10. The molecule has 3 nitrogen and oxygen atoms in total. The maximum Gasteiger partial charge on any atom is 0.171 e. The molecular formula is C16H19NO2S. The standard InChI is InChI=1S/C16H19NO2S/c1-4-16(2,19-3)14(18)10-15-17-13(11-20-15)12-8-6-5-7-9-12/h5-9,11H,4,10H2,1-3H3. The summed E-state index contributed by atoms with van der Waals surface area (Å²) in [5, 5.41) is 2.83. The van der Waals surface area contributed by atoms with Crippen LogP contribution in [0.25, 0.3) is 11.3 Å². The van der Waals surface area contributed by atoms with Crippen molar-refractivity contribution in [2.75, 3.05) is 7.11 Å². The topological polar surface area (TPSA) is 39.2 Å². The maximum absolute atomic E-state index is 12.3. The normalized spacial score (nSPS) is 13.9. The quantitative estimate of drug-likeness (QED) is 0.813. The first kappa shape index (κ1) is 14.9. The molecule has 0 N–H and O–H groups in total. The van der Waals surface area contributed by atoms with E-state index in [4.69, 9.17) is 4.74 Å². The third-order valence-corrected chi connectivity index (χ3v) is 4.50. The summed E-state index contributed by atoms with van der Waals surface area (Å²) in [6.07, 6.45) is 0.995. The van der Waals surface area contributed by atoms with Crippen LogP contribution in [0, 0.1) is 0 Å². The van der Waals surface area contributed by atoms with Crippen molar-refractivity contribution in [3.8, 4) is 11.3 Å². The van der Waals surface area contributed by atoms with Crippen LogP contribution in [0.4, 0.5) is 0 Å². The number of benzene rings is 1. The van der Waals surface area contributed by atoms with Gasteiger partial charge in [0, 0.05) is 18.1 Å². The molecule has 0 amide bonds. The molecule has 1 aromatic heterocycles. The van der Waals surface area contributed by atoms with Crippen LogP contribution >= 0.6 is 11.3 Å². The van der Waals surface area contributed by atoms with Crippen LogP contribution in [0.1, 0.15) is 25.3 Å². The minimum atomic E-state index is -0.710. The number of carbonyl (C=O) groups excluding carboxylic acids is 1. The lowest BCUT2D eigenvalue weighted by atomic mass is 9.95. The van der Waals surface area contributed by atoms with Gasteiger partial charge in [0.2, 0.25) is 0 Å².